The Balaban J connectivity index is 1.70. The monoisotopic (exact) mass is 272 g/mol. The zero-order chi connectivity index (χ0) is 13.9. The number of hydrogen-bond acceptors (Lipinski definition) is 3. The van der Waals surface area contributed by atoms with Crippen molar-refractivity contribution in [3.63, 3.8) is 0 Å². The van der Waals surface area contributed by atoms with Gasteiger partial charge in [-0.25, -0.2) is 0 Å². The van der Waals surface area contributed by atoms with Crippen LogP contribution in [0.5, 0.6) is 0 Å². The van der Waals surface area contributed by atoms with E-state index in [2.05, 4.69) is 42.1 Å². The third-order valence-electron chi connectivity index (χ3n) is 4.46. The fourth-order valence-corrected chi connectivity index (χ4v) is 3.17. The molecule has 108 valence electrons. The highest BCUT2D eigenvalue weighted by molar-refractivity contribution is 5.80. The van der Waals surface area contributed by atoms with Crippen molar-refractivity contribution in [2.45, 2.75) is 45.4 Å². The van der Waals surface area contributed by atoms with Gasteiger partial charge >= 0.3 is 0 Å². The highest BCUT2D eigenvalue weighted by atomic mass is 16.5. The maximum Gasteiger partial charge on any atom is 0.167 e. The quantitative estimate of drug-likeness (QED) is 0.838. The van der Waals surface area contributed by atoms with Gasteiger partial charge in [0.05, 0.1) is 5.69 Å². The van der Waals surface area contributed by atoms with Gasteiger partial charge in [-0.1, -0.05) is 24.6 Å². The SMILES string of the molecule is CCCCN1CCC(c2noc3cc(C)ccc23)CC1. The lowest BCUT2D eigenvalue weighted by atomic mass is 9.91. The van der Waals surface area contributed by atoms with E-state index >= 15 is 0 Å². The van der Waals surface area contributed by atoms with Crippen molar-refractivity contribution in [2.75, 3.05) is 19.6 Å². The molecule has 3 rings (SSSR count). The van der Waals surface area contributed by atoms with Crippen molar-refractivity contribution >= 4 is 11.0 Å². The molecule has 0 radical (unpaired) electrons. The second-order valence-corrected chi connectivity index (χ2v) is 6.04. The maximum absolute atomic E-state index is 5.51. The van der Waals surface area contributed by atoms with E-state index in [4.69, 9.17) is 4.52 Å². The van der Waals surface area contributed by atoms with Gasteiger partial charge in [0.25, 0.3) is 0 Å². The molecule has 1 saturated heterocycles. The highest BCUT2D eigenvalue weighted by Gasteiger charge is 2.24. The van der Waals surface area contributed by atoms with Crippen molar-refractivity contribution in [3.05, 3.63) is 29.5 Å². The molecule has 0 unspecified atom stereocenters. The molecule has 20 heavy (non-hydrogen) atoms. The second kappa shape index (κ2) is 5.96. The number of nitrogens with zero attached hydrogens (tertiary/aromatic N) is 2. The van der Waals surface area contributed by atoms with Crippen LogP contribution in [0.4, 0.5) is 0 Å². The zero-order valence-corrected chi connectivity index (χ0v) is 12.6. The highest BCUT2D eigenvalue weighted by Crippen LogP contribution is 2.32. The Hall–Kier alpha value is -1.35. The van der Waals surface area contributed by atoms with Crippen LogP contribution in [-0.4, -0.2) is 29.7 Å². The molecule has 0 atom stereocenters. The van der Waals surface area contributed by atoms with Gasteiger partial charge in [-0.05, 0) is 63.5 Å². The van der Waals surface area contributed by atoms with Crippen molar-refractivity contribution in [1.82, 2.24) is 10.1 Å². The van der Waals surface area contributed by atoms with Gasteiger partial charge in [-0.15, -0.1) is 0 Å². The van der Waals surface area contributed by atoms with Crippen molar-refractivity contribution in [3.8, 4) is 0 Å². The molecule has 0 bridgehead atoms. The summed E-state index contributed by atoms with van der Waals surface area (Å²) in [7, 11) is 0. The van der Waals surface area contributed by atoms with E-state index in [-0.39, 0.29) is 0 Å². The lowest BCUT2D eigenvalue weighted by Crippen LogP contribution is -2.33. The van der Waals surface area contributed by atoms with Crippen LogP contribution < -0.4 is 0 Å². The molecule has 1 fully saturated rings. The molecular weight excluding hydrogens is 248 g/mol. The molecule has 2 heterocycles. The molecular formula is C17H24N2O. The Morgan fingerprint density at radius 3 is 2.85 bits per heavy atom. The number of piperidine rings is 1. The van der Waals surface area contributed by atoms with E-state index in [9.17, 15) is 0 Å². The average molecular weight is 272 g/mol. The van der Waals surface area contributed by atoms with Crippen LogP contribution in [0.25, 0.3) is 11.0 Å². The van der Waals surface area contributed by atoms with Gasteiger partial charge in [-0.3, -0.25) is 0 Å². The van der Waals surface area contributed by atoms with Crippen molar-refractivity contribution in [1.29, 1.82) is 0 Å². The fourth-order valence-electron chi connectivity index (χ4n) is 3.17. The Labute approximate surface area is 120 Å². The Morgan fingerprint density at radius 1 is 1.30 bits per heavy atom. The molecule has 1 aromatic heterocycles. The van der Waals surface area contributed by atoms with Gasteiger partial charge < -0.3 is 9.42 Å². The van der Waals surface area contributed by atoms with Crippen molar-refractivity contribution < 1.29 is 4.52 Å². The van der Waals surface area contributed by atoms with E-state index in [1.807, 2.05) is 0 Å². The number of aromatic nitrogens is 1. The summed E-state index contributed by atoms with van der Waals surface area (Å²) in [6, 6.07) is 6.40. The number of benzene rings is 1. The predicted octanol–water partition coefficient (Wildman–Crippen LogP) is 4.12. The second-order valence-electron chi connectivity index (χ2n) is 6.04. The van der Waals surface area contributed by atoms with E-state index in [1.54, 1.807) is 0 Å². The first-order chi connectivity index (χ1) is 9.78. The smallest absolute Gasteiger partial charge is 0.167 e. The molecule has 1 aromatic carbocycles. The molecule has 0 N–H and O–H groups in total. The minimum Gasteiger partial charge on any atom is -0.356 e. The van der Waals surface area contributed by atoms with Gasteiger partial charge in [0.2, 0.25) is 0 Å². The minimum atomic E-state index is 0.567. The first kappa shape index (κ1) is 13.6. The number of likely N-dealkylation sites (tertiary alicyclic amines) is 1. The van der Waals surface area contributed by atoms with Crippen LogP contribution in [0.2, 0.25) is 0 Å². The summed E-state index contributed by atoms with van der Waals surface area (Å²) in [6.07, 6.45) is 5.02. The molecule has 0 amide bonds. The summed E-state index contributed by atoms with van der Waals surface area (Å²) in [5.41, 5.74) is 3.35. The van der Waals surface area contributed by atoms with Crippen molar-refractivity contribution in [2.24, 2.45) is 0 Å². The van der Waals surface area contributed by atoms with Gasteiger partial charge in [-0.2, -0.15) is 0 Å². The van der Waals surface area contributed by atoms with Crippen LogP contribution in [0.1, 0.15) is 49.8 Å². The largest absolute Gasteiger partial charge is 0.356 e. The van der Waals surface area contributed by atoms with E-state index in [0.29, 0.717) is 5.92 Å². The molecule has 0 spiro atoms. The number of aryl methyl sites for hydroxylation is 1. The third kappa shape index (κ3) is 2.73. The van der Waals surface area contributed by atoms with Gasteiger partial charge in [0.15, 0.2) is 5.58 Å². The maximum atomic E-state index is 5.51. The first-order valence-corrected chi connectivity index (χ1v) is 7.86. The van der Waals surface area contributed by atoms with Gasteiger partial charge in [0, 0.05) is 11.3 Å². The Bertz CT molecular complexity index is 567. The van der Waals surface area contributed by atoms with Gasteiger partial charge in [0.1, 0.15) is 0 Å². The normalized spacial score (nSPS) is 17.9. The molecule has 1 aliphatic rings. The fraction of sp³-hybridized carbons (Fsp3) is 0.588. The van der Waals surface area contributed by atoms with Crippen LogP contribution in [-0.2, 0) is 0 Å². The first-order valence-electron chi connectivity index (χ1n) is 7.86. The lowest BCUT2D eigenvalue weighted by Gasteiger charge is -2.31. The zero-order valence-electron chi connectivity index (χ0n) is 12.6. The molecule has 1 aliphatic heterocycles. The summed E-state index contributed by atoms with van der Waals surface area (Å²) in [5, 5.41) is 5.56. The summed E-state index contributed by atoms with van der Waals surface area (Å²) in [6.45, 7) is 8.00. The predicted molar refractivity (Wildman–Crippen MR) is 82.1 cm³/mol. The standard InChI is InChI=1S/C17H24N2O/c1-3-4-9-19-10-7-14(8-11-19)17-15-6-5-13(2)12-16(15)20-18-17/h5-6,12,14H,3-4,7-11H2,1-2H3. The lowest BCUT2D eigenvalue weighted by molar-refractivity contribution is 0.207. The third-order valence-corrected chi connectivity index (χ3v) is 4.46. The van der Waals surface area contributed by atoms with E-state index < -0.39 is 0 Å². The number of rotatable bonds is 4. The number of fused-ring (bicyclic) bond motifs is 1. The minimum absolute atomic E-state index is 0.567. The topological polar surface area (TPSA) is 29.3 Å². The number of hydrogen-bond donors (Lipinski definition) is 0. The van der Waals surface area contributed by atoms with Crippen LogP contribution in [0.15, 0.2) is 22.7 Å². The molecule has 0 saturated carbocycles. The molecule has 3 heteroatoms. The summed E-state index contributed by atoms with van der Waals surface area (Å²) >= 11 is 0. The Morgan fingerprint density at radius 2 is 2.10 bits per heavy atom. The summed E-state index contributed by atoms with van der Waals surface area (Å²) < 4.78 is 5.51. The average Bonchev–Trinajstić information content (AvgIpc) is 2.88. The molecule has 3 nitrogen and oxygen atoms in total. The van der Waals surface area contributed by atoms with E-state index in [1.165, 1.54) is 62.0 Å². The summed E-state index contributed by atoms with van der Waals surface area (Å²) in [5.74, 6) is 0.567. The van der Waals surface area contributed by atoms with Crippen LogP contribution in [0, 0.1) is 6.92 Å². The van der Waals surface area contributed by atoms with Crippen LogP contribution in [0.3, 0.4) is 0 Å². The van der Waals surface area contributed by atoms with Crippen LogP contribution >= 0.6 is 0 Å². The molecule has 0 aliphatic carbocycles. The summed E-state index contributed by atoms with van der Waals surface area (Å²) in [4.78, 5) is 2.59. The number of unbranched alkanes of at least 4 members (excludes halogenated alkanes) is 1. The Kier molecular flexibility index (Phi) is 4.06. The van der Waals surface area contributed by atoms with E-state index in [0.717, 1.165) is 5.58 Å². The molecule has 2 aromatic rings.